The van der Waals surface area contributed by atoms with Gasteiger partial charge in [-0.05, 0) is 12.3 Å². The van der Waals surface area contributed by atoms with E-state index in [2.05, 4.69) is 21.5 Å². The summed E-state index contributed by atoms with van der Waals surface area (Å²) >= 11 is 0. The maximum Gasteiger partial charge on any atom is 0.324 e. The van der Waals surface area contributed by atoms with E-state index in [1.54, 1.807) is 4.90 Å². The van der Waals surface area contributed by atoms with Gasteiger partial charge < -0.3 is 10.2 Å². The van der Waals surface area contributed by atoms with Gasteiger partial charge in [-0.25, -0.2) is 4.79 Å². The molecule has 1 N–H and O–H groups in total. The van der Waals surface area contributed by atoms with Gasteiger partial charge in [0.05, 0.1) is 6.54 Å². The van der Waals surface area contributed by atoms with E-state index in [1.165, 1.54) is 4.90 Å². The number of amides is 4. The molecule has 3 aliphatic rings. The summed E-state index contributed by atoms with van der Waals surface area (Å²) in [5, 5.41) is 10.6. The van der Waals surface area contributed by atoms with Gasteiger partial charge in [0.15, 0.2) is 5.66 Å². The molecule has 3 aliphatic heterocycles. The molecule has 1 unspecified atom stereocenters. The lowest BCUT2D eigenvalue weighted by Gasteiger charge is -2.19. The number of carbonyl (C=O) groups excluding carboxylic acids is 3. The second-order valence-corrected chi connectivity index (χ2v) is 6.54. The predicted octanol–water partition coefficient (Wildman–Crippen LogP) is 0.742. The smallest absolute Gasteiger partial charge is 0.324 e. The Morgan fingerprint density at radius 1 is 1.38 bits per heavy atom. The highest BCUT2D eigenvalue weighted by Crippen LogP contribution is 2.37. The van der Waals surface area contributed by atoms with Crippen LogP contribution in [0.5, 0.6) is 0 Å². The molecule has 8 nitrogen and oxygen atoms in total. The van der Waals surface area contributed by atoms with Crippen LogP contribution in [-0.2, 0) is 9.59 Å². The molecule has 3 rings (SSSR count). The van der Waals surface area contributed by atoms with Crippen LogP contribution in [0.25, 0.3) is 0 Å². The summed E-state index contributed by atoms with van der Waals surface area (Å²) in [4.78, 5) is 38.6. The fourth-order valence-electron chi connectivity index (χ4n) is 3.24. The van der Waals surface area contributed by atoms with Crippen LogP contribution >= 0.6 is 0 Å². The van der Waals surface area contributed by atoms with Crippen molar-refractivity contribution < 1.29 is 14.4 Å². The molecule has 3 heterocycles. The van der Waals surface area contributed by atoms with Gasteiger partial charge in [-0.15, -0.1) is 12.3 Å². The normalized spacial score (nSPS) is 24.2. The van der Waals surface area contributed by atoms with Crippen LogP contribution in [0.3, 0.4) is 0 Å². The summed E-state index contributed by atoms with van der Waals surface area (Å²) in [6.45, 7) is 1.70. The van der Waals surface area contributed by atoms with Gasteiger partial charge in [0.25, 0.3) is 0 Å². The first kappa shape index (κ1) is 16.4. The minimum atomic E-state index is -0.429. The molecule has 1 atom stereocenters. The fourth-order valence-corrected chi connectivity index (χ4v) is 3.24. The second-order valence-electron chi connectivity index (χ2n) is 6.54. The van der Waals surface area contributed by atoms with Crippen molar-refractivity contribution in [3.05, 3.63) is 0 Å². The molecule has 4 amide bonds. The van der Waals surface area contributed by atoms with Gasteiger partial charge in [0.2, 0.25) is 11.8 Å². The summed E-state index contributed by atoms with van der Waals surface area (Å²) in [6, 6.07) is -0.336. The van der Waals surface area contributed by atoms with Gasteiger partial charge in [0, 0.05) is 45.3 Å². The number of urea groups is 1. The van der Waals surface area contributed by atoms with Crippen LogP contribution in [0.4, 0.5) is 4.79 Å². The monoisotopic (exact) mass is 331 g/mol. The highest BCUT2D eigenvalue weighted by molar-refractivity contribution is 6.01. The summed E-state index contributed by atoms with van der Waals surface area (Å²) in [5.41, 5.74) is -0.429. The first-order chi connectivity index (χ1) is 11.5. The van der Waals surface area contributed by atoms with Crippen LogP contribution < -0.4 is 5.32 Å². The van der Waals surface area contributed by atoms with Gasteiger partial charge in [-0.2, -0.15) is 10.2 Å². The average molecular weight is 331 g/mol. The Labute approximate surface area is 140 Å². The summed E-state index contributed by atoms with van der Waals surface area (Å²) in [6.07, 6.45) is 8.37. The molecule has 128 valence electrons. The molecule has 0 spiro atoms. The van der Waals surface area contributed by atoms with Crippen LogP contribution in [0.2, 0.25) is 0 Å². The number of likely N-dealkylation sites (tertiary alicyclic amines) is 1. The van der Waals surface area contributed by atoms with Crippen LogP contribution in [0.15, 0.2) is 10.2 Å². The summed E-state index contributed by atoms with van der Waals surface area (Å²) in [5.74, 6) is 2.60. The van der Waals surface area contributed by atoms with Gasteiger partial charge in [-0.1, -0.05) is 0 Å². The van der Waals surface area contributed by atoms with Crippen molar-refractivity contribution in [1.82, 2.24) is 15.1 Å². The van der Waals surface area contributed by atoms with E-state index in [0.717, 1.165) is 6.42 Å². The highest BCUT2D eigenvalue weighted by atomic mass is 16.2. The fraction of sp³-hybridized carbons (Fsp3) is 0.688. The number of imide groups is 1. The van der Waals surface area contributed by atoms with Crippen molar-refractivity contribution in [3.8, 4) is 12.3 Å². The Kier molecular flexibility index (Phi) is 4.51. The molecule has 8 heteroatoms. The zero-order valence-electron chi connectivity index (χ0n) is 13.5. The van der Waals surface area contributed by atoms with E-state index < -0.39 is 5.66 Å². The van der Waals surface area contributed by atoms with Crippen molar-refractivity contribution in [1.29, 1.82) is 0 Å². The van der Waals surface area contributed by atoms with E-state index in [1.807, 2.05) is 0 Å². The molecule has 0 aromatic heterocycles. The predicted molar refractivity (Wildman–Crippen MR) is 84.7 cm³/mol. The number of rotatable bonds is 7. The van der Waals surface area contributed by atoms with Crippen molar-refractivity contribution in [2.45, 2.75) is 37.8 Å². The van der Waals surface area contributed by atoms with Crippen LogP contribution in [0.1, 0.15) is 32.1 Å². The third-order valence-electron chi connectivity index (χ3n) is 4.81. The van der Waals surface area contributed by atoms with Crippen molar-refractivity contribution >= 4 is 17.8 Å². The van der Waals surface area contributed by atoms with Gasteiger partial charge in [-0.3, -0.25) is 14.5 Å². The van der Waals surface area contributed by atoms with E-state index >= 15 is 0 Å². The zero-order valence-corrected chi connectivity index (χ0v) is 13.5. The largest absolute Gasteiger partial charge is 0.342 e. The minimum Gasteiger partial charge on any atom is -0.342 e. The molecular formula is C16H21N5O3. The molecule has 0 saturated carbocycles. The number of terminal acetylenes is 1. The second kappa shape index (κ2) is 6.59. The Bertz CT molecular complexity index is 602. The van der Waals surface area contributed by atoms with E-state index in [-0.39, 0.29) is 30.3 Å². The molecule has 0 bridgehead atoms. The summed E-state index contributed by atoms with van der Waals surface area (Å²) < 4.78 is 0. The first-order valence-corrected chi connectivity index (χ1v) is 8.26. The van der Waals surface area contributed by atoms with Crippen molar-refractivity contribution in [3.63, 3.8) is 0 Å². The number of nitrogens with one attached hydrogen (secondary N) is 1. The lowest BCUT2D eigenvalue weighted by Crippen LogP contribution is -2.37. The molecule has 0 aliphatic carbocycles. The van der Waals surface area contributed by atoms with Gasteiger partial charge >= 0.3 is 6.03 Å². The van der Waals surface area contributed by atoms with Crippen molar-refractivity contribution in [2.24, 2.45) is 16.1 Å². The zero-order chi connectivity index (χ0) is 17.2. The summed E-state index contributed by atoms with van der Waals surface area (Å²) in [7, 11) is 0. The standard InChI is InChI=1S/C16H21N5O3/c1-2-3-6-16(18-19-16)7-4-13(22)20-8-5-12(10-20)11-21-14(23)9-17-15(21)24/h1,12H,3-11H2,(H,17,24). The molecule has 0 aromatic carbocycles. The lowest BCUT2D eigenvalue weighted by atomic mass is 10.0. The number of carbonyl (C=O) groups is 3. The van der Waals surface area contributed by atoms with Gasteiger partial charge in [0.1, 0.15) is 0 Å². The number of nitrogens with zero attached hydrogens (tertiary/aromatic N) is 4. The quantitative estimate of drug-likeness (QED) is 0.551. The van der Waals surface area contributed by atoms with E-state index in [4.69, 9.17) is 6.42 Å². The van der Waals surface area contributed by atoms with Crippen LogP contribution in [0, 0.1) is 18.3 Å². The maximum atomic E-state index is 12.3. The third-order valence-corrected chi connectivity index (χ3v) is 4.81. The molecule has 0 radical (unpaired) electrons. The Hall–Kier alpha value is -2.43. The molecule has 2 saturated heterocycles. The Morgan fingerprint density at radius 3 is 2.79 bits per heavy atom. The number of hydrogen-bond donors (Lipinski definition) is 1. The minimum absolute atomic E-state index is 0.0704. The number of hydrogen-bond acceptors (Lipinski definition) is 5. The maximum absolute atomic E-state index is 12.3. The third kappa shape index (κ3) is 3.55. The molecule has 2 fully saturated rings. The molecule has 24 heavy (non-hydrogen) atoms. The lowest BCUT2D eigenvalue weighted by molar-refractivity contribution is -0.130. The van der Waals surface area contributed by atoms with E-state index in [0.29, 0.717) is 45.3 Å². The van der Waals surface area contributed by atoms with Crippen molar-refractivity contribution in [2.75, 3.05) is 26.2 Å². The SMILES string of the molecule is C#CCCC1(CCC(=O)N2CCC(CN3C(=O)CNC3=O)C2)N=N1. The first-order valence-electron chi connectivity index (χ1n) is 8.26. The Morgan fingerprint density at radius 2 is 2.17 bits per heavy atom. The van der Waals surface area contributed by atoms with E-state index in [9.17, 15) is 14.4 Å². The highest BCUT2D eigenvalue weighted by Gasteiger charge is 2.40. The van der Waals surface area contributed by atoms with Crippen LogP contribution in [-0.4, -0.2) is 59.5 Å². The Balaban J connectivity index is 1.42. The molecular weight excluding hydrogens is 310 g/mol. The topological polar surface area (TPSA) is 94.4 Å². The average Bonchev–Trinajstić information content (AvgIpc) is 3.07. The molecule has 0 aromatic rings.